The van der Waals surface area contributed by atoms with Crippen LogP contribution in [0.4, 0.5) is 8.78 Å². The Kier molecular flexibility index (Phi) is 2.39. The third-order valence-electron chi connectivity index (χ3n) is 2.46. The number of hydrogen-bond donors (Lipinski definition) is 0. The van der Waals surface area contributed by atoms with Gasteiger partial charge in [0.15, 0.2) is 0 Å². The van der Waals surface area contributed by atoms with E-state index in [-0.39, 0.29) is 16.2 Å². The number of carbonyl (C=O) groups excluding carboxylic acids is 1. The van der Waals surface area contributed by atoms with Crippen LogP contribution in [0.2, 0.25) is 0 Å². The molecule has 0 aliphatic heterocycles. The summed E-state index contributed by atoms with van der Waals surface area (Å²) in [6.07, 6.45) is 1.19. The van der Waals surface area contributed by atoms with Crippen LogP contribution in [0.25, 0.3) is 0 Å². The summed E-state index contributed by atoms with van der Waals surface area (Å²) in [5.74, 6) is -1.56. The van der Waals surface area contributed by atoms with Crippen molar-refractivity contribution < 1.29 is 13.6 Å². The molecule has 4 heteroatoms. The van der Waals surface area contributed by atoms with Crippen molar-refractivity contribution in [2.45, 2.75) is 18.8 Å². The van der Waals surface area contributed by atoms with Gasteiger partial charge >= 0.3 is 0 Å². The highest BCUT2D eigenvalue weighted by atomic mass is 79.9. The van der Waals surface area contributed by atoms with Crippen LogP contribution in [-0.2, 0) is 4.79 Å². The van der Waals surface area contributed by atoms with Crippen molar-refractivity contribution in [2.24, 2.45) is 0 Å². The van der Waals surface area contributed by atoms with Gasteiger partial charge in [-0.25, -0.2) is 8.78 Å². The summed E-state index contributed by atoms with van der Waals surface area (Å²) in [4.78, 5) is 11.1. The van der Waals surface area contributed by atoms with Gasteiger partial charge in [-0.3, -0.25) is 4.79 Å². The largest absolute Gasteiger partial charge is 0.299 e. The van der Waals surface area contributed by atoms with E-state index >= 15 is 0 Å². The van der Waals surface area contributed by atoms with Crippen molar-refractivity contribution >= 4 is 21.7 Å². The second-order valence-corrected chi connectivity index (χ2v) is 4.14. The molecule has 0 amide bonds. The van der Waals surface area contributed by atoms with Crippen LogP contribution in [-0.4, -0.2) is 5.78 Å². The quantitative estimate of drug-likeness (QED) is 0.709. The van der Waals surface area contributed by atoms with Crippen LogP contribution in [0.3, 0.4) is 0 Å². The third kappa shape index (κ3) is 1.47. The first kappa shape index (κ1) is 9.77. The number of halogens is 3. The standard InChI is InChI=1S/C10H7BrF2O/c11-10-7(6-1-2-9(6)14)3-5(12)4-8(10)13/h3-4,6H,1-2H2. The van der Waals surface area contributed by atoms with E-state index in [4.69, 9.17) is 0 Å². The van der Waals surface area contributed by atoms with E-state index < -0.39 is 11.6 Å². The summed E-state index contributed by atoms with van der Waals surface area (Å²) in [7, 11) is 0. The van der Waals surface area contributed by atoms with E-state index in [2.05, 4.69) is 15.9 Å². The van der Waals surface area contributed by atoms with Crippen LogP contribution < -0.4 is 0 Å². The van der Waals surface area contributed by atoms with Gasteiger partial charge in [-0.1, -0.05) is 0 Å². The van der Waals surface area contributed by atoms with Gasteiger partial charge in [-0.05, 0) is 34.0 Å². The molecule has 1 fully saturated rings. The molecule has 1 aliphatic rings. The lowest BCUT2D eigenvalue weighted by Crippen LogP contribution is -2.23. The Balaban J connectivity index is 2.46. The van der Waals surface area contributed by atoms with Crippen molar-refractivity contribution in [2.75, 3.05) is 0 Å². The van der Waals surface area contributed by atoms with Crippen molar-refractivity contribution in [3.8, 4) is 0 Å². The average Bonchev–Trinajstić information content (AvgIpc) is 2.11. The van der Waals surface area contributed by atoms with Gasteiger partial charge in [0.1, 0.15) is 17.4 Å². The Bertz CT molecular complexity index is 403. The summed E-state index contributed by atoms with van der Waals surface area (Å²) >= 11 is 3.02. The zero-order chi connectivity index (χ0) is 10.3. The number of rotatable bonds is 1. The van der Waals surface area contributed by atoms with E-state index in [1.54, 1.807) is 0 Å². The van der Waals surface area contributed by atoms with Crippen molar-refractivity contribution in [3.63, 3.8) is 0 Å². The lowest BCUT2D eigenvalue weighted by atomic mass is 9.78. The molecule has 1 atom stereocenters. The molecule has 0 radical (unpaired) electrons. The first-order chi connectivity index (χ1) is 6.59. The maximum atomic E-state index is 13.1. The fraction of sp³-hybridized carbons (Fsp3) is 0.300. The summed E-state index contributed by atoms with van der Waals surface area (Å²) in [5, 5.41) is 0. The van der Waals surface area contributed by atoms with Gasteiger partial charge in [-0.2, -0.15) is 0 Å². The van der Waals surface area contributed by atoms with Crippen molar-refractivity contribution in [1.82, 2.24) is 0 Å². The molecule has 0 saturated heterocycles. The van der Waals surface area contributed by atoms with Crippen LogP contribution in [0, 0.1) is 11.6 Å². The molecule has 2 rings (SSSR count). The molecule has 0 aromatic heterocycles. The molecule has 74 valence electrons. The van der Waals surface area contributed by atoms with Crippen molar-refractivity contribution in [3.05, 3.63) is 33.8 Å². The maximum absolute atomic E-state index is 13.1. The minimum absolute atomic E-state index is 0.0516. The molecule has 0 spiro atoms. The lowest BCUT2D eigenvalue weighted by molar-refractivity contribution is -0.125. The minimum atomic E-state index is -0.653. The van der Waals surface area contributed by atoms with Gasteiger partial charge in [0.05, 0.1) is 4.47 Å². The highest BCUT2D eigenvalue weighted by Crippen LogP contribution is 2.38. The summed E-state index contributed by atoms with van der Waals surface area (Å²) in [5.41, 5.74) is 0.429. The summed E-state index contributed by atoms with van der Waals surface area (Å²) < 4.78 is 26.2. The normalized spacial score (nSPS) is 20.8. The molecule has 1 saturated carbocycles. The Hall–Kier alpha value is -0.770. The average molecular weight is 261 g/mol. The SMILES string of the molecule is O=C1CCC1c1cc(F)cc(F)c1Br. The first-order valence-electron chi connectivity index (χ1n) is 4.26. The smallest absolute Gasteiger partial charge is 0.140 e. The molecule has 14 heavy (non-hydrogen) atoms. The Morgan fingerprint density at radius 3 is 2.57 bits per heavy atom. The zero-order valence-electron chi connectivity index (χ0n) is 7.19. The highest BCUT2D eigenvalue weighted by Gasteiger charge is 2.32. The van der Waals surface area contributed by atoms with Gasteiger partial charge < -0.3 is 0 Å². The summed E-state index contributed by atoms with van der Waals surface area (Å²) in [6.45, 7) is 0. The molecular formula is C10H7BrF2O. The molecule has 0 bridgehead atoms. The number of hydrogen-bond acceptors (Lipinski definition) is 1. The van der Waals surface area contributed by atoms with Gasteiger partial charge in [0, 0.05) is 18.4 Å². The fourth-order valence-corrected chi connectivity index (χ4v) is 2.07. The van der Waals surface area contributed by atoms with E-state index in [1.807, 2.05) is 0 Å². The topological polar surface area (TPSA) is 17.1 Å². The number of ketones is 1. The Labute approximate surface area is 88.2 Å². The molecule has 1 aromatic carbocycles. The van der Waals surface area contributed by atoms with Crippen LogP contribution >= 0.6 is 15.9 Å². The molecular weight excluding hydrogens is 254 g/mol. The van der Waals surface area contributed by atoms with Gasteiger partial charge in [0.2, 0.25) is 0 Å². The first-order valence-corrected chi connectivity index (χ1v) is 5.06. The minimum Gasteiger partial charge on any atom is -0.299 e. The van der Waals surface area contributed by atoms with Crippen molar-refractivity contribution in [1.29, 1.82) is 0 Å². The predicted octanol–water partition coefficient (Wildman–Crippen LogP) is 3.17. The number of carbonyl (C=O) groups is 1. The highest BCUT2D eigenvalue weighted by molar-refractivity contribution is 9.10. The third-order valence-corrected chi connectivity index (χ3v) is 3.30. The maximum Gasteiger partial charge on any atom is 0.140 e. The molecule has 1 nitrogen and oxygen atoms in total. The van der Waals surface area contributed by atoms with E-state index in [0.717, 1.165) is 6.07 Å². The number of benzene rings is 1. The fourth-order valence-electron chi connectivity index (χ4n) is 1.56. The summed E-state index contributed by atoms with van der Waals surface area (Å²) in [6, 6.07) is 2.02. The van der Waals surface area contributed by atoms with Gasteiger partial charge in [0.25, 0.3) is 0 Å². The van der Waals surface area contributed by atoms with E-state index in [0.29, 0.717) is 18.4 Å². The monoisotopic (exact) mass is 260 g/mol. The molecule has 0 N–H and O–H groups in total. The second kappa shape index (κ2) is 3.42. The molecule has 1 unspecified atom stereocenters. The predicted molar refractivity (Wildman–Crippen MR) is 51.0 cm³/mol. The zero-order valence-corrected chi connectivity index (χ0v) is 8.77. The Morgan fingerprint density at radius 2 is 2.07 bits per heavy atom. The van der Waals surface area contributed by atoms with E-state index in [1.165, 1.54) is 6.07 Å². The molecule has 1 aromatic rings. The molecule has 1 aliphatic carbocycles. The van der Waals surface area contributed by atoms with Gasteiger partial charge in [-0.15, -0.1) is 0 Å². The van der Waals surface area contributed by atoms with Crippen LogP contribution in [0.1, 0.15) is 24.3 Å². The van der Waals surface area contributed by atoms with Crippen LogP contribution in [0.5, 0.6) is 0 Å². The molecule has 0 heterocycles. The second-order valence-electron chi connectivity index (χ2n) is 3.35. The number of Topliss-reactive ketones (excluding diaryl/α,β-unsaturated/α-hetero) is 1. The Morgan fingerprint density at radius 1 is 1.36 bits per heavy atom. The van der Waals surface area contributed by atoms with E-state index in [9.17, 15) is 13.6 Å². The van der Waals surface area contributed by atoms with Crippen LogP contribution in [0.15, 0.2) is 16.6 Å². The lowest BCUT2D eigenvalue weighted by Gasteiger charge is -2.25.